The lowest BCUT2D eigenvalue weighted by atomic mass is 10.2. The van der Waals surface area contributed by atoms with E-state index in [0.717, 1.165) is 17.5 Å². The monoisotopic (exact) mass is 307 g/mol. The summed E-state index contributed by atoms with van der Waals surface area (Å²) in [6.45, 7) is 0.0232. The number of rotatable bonds is 3. The number of halogens is 3. The van der Waals surface area contributed by atoms with Crippen LogP contribution < -0.4 is 10.5 Å². The van der Waals surface area contributed by atoms with Crippen molar-refractivity contribution in [2.45, 2.75) is 12.8 Å². The van der Waals surface area contributed by atoms with Crippen molar-refractivity contribution in [1.82, 2.24) is 0 Å². The molecule has 0 fully saturated rings. The fourth-order valence-electron chi connectivity index (χ4n) is 2.13. The maximum absolute atomic E-state index is 12.6. The lowest BCUT2D eigenvalue weighted by molar-refractivity contribution is -0.137. The second kappa shape index (κ2) is 5.29. The molecule has 22 heavy (non-hydrogen) atoms. The van der Waals surface area contributed by atoms with Gasteiger partial charge >= 0.3 is 6.18 Å². The number of anilines is 1. The molecule has 0 atom stereocenters. The van der Waals surface area contributed by atoms with Crippen LogP contribution in [0.25, 0.3) is 11.0 Å². The Labute approximate surface area is 124 Å². The number of nitrogen functional groups attached to an aromatic ring is 1. The highest BCUT2D eigenvalue weighted by Crippen LogP contribution is 2.32. The van der Waals surface area contributed by atoms with Gasteiger partial charge in [0.1, 0.15) is 18.1 Å². The van der Waals surface area contributed by atoms with Crippen LogP contribution in [0.2, 0.25) is 0 Å². The molecule has 0 radical (unpaired) electrons. The van der Waals surface area contributed by atoms with Crippen LogP contribution in [0.4, 0.5) is 18.9 Å². The summed E-state index contributed by atoms with van der Waals surface area (Å²) < 4.78 is 48.8. The van der Waals surface area contributed by atoms with Crippen LogP contribution in [0.1, 0.15) is 11.3 Å². The lowest BCUT2D eigenvalue weighted by Gasteiger charge is -2.09. The van der Waals surface area contributed by atoms with Gasteiger partial charge in [-0.05, 0) is 30.3 Å². The third-order valence-corrected chi connectivity index (χ3v) is 3.17. The Morgan fingerprint density at radius 3 is 2.55 bits per heavy atom. The first-order valence-corrected chi connectivity index (χ1v) is 6.50. The molecule has 2 N–H and O–H groups in total. The average Bonchev–Trinajstić information content (AvgIpc) is 2.89. The topological polar surface area (TPSA) is 48.4 Å². The van der Waals surface area contributed by atoms with E-state index in [4.69, 9.17) is 14.9 Å². The first kappa shape index (κ1) is 14.3. The molecule has 0 aliphatic carbocycles. The van der Waals surface area contributed by atoms with Crippen molar-refractivity contribution in [3.8, 4) is 5.75 Å². The van der Waals surface area contributed by atoms with Crippen LogP contribution in [0.5, 0.6) is 5.75 Å². The Hall–Kier alpha value is -2.63. The van der Waals surface area contributed by atoms with Crippen LogP contribution in [0, 0.1) is 0 Å². The predicted molar refractivity (Wildman–Crippen MR) is 76.4 cm³/mol. The van der Waals surface area contributed by atoms with E-state index in [2.05, 4.69) is 0 Å². The van der Waals surface area contributed by atoms with Gasteiger partial charge in [0.15, 0.2) is 5.58 Å². The van der Waals surface area contributed by atoms with E-state index in [-0.39, 0.29) is 12.4 Å². The zero-order chi connectivity index (χ0) is 15.7. The van der Waals surface area contributed by atoms with Gasteiger partial charge in [0.2, 0.25) is 0 Å². The fourth-order valence-corrected chi connectivity index (χ4v) is 2.13. The zero-order valence-electron chi connectivity index (χ0n) is 11.4. The van der Waals surface area contributed by atoms with Gasteiger partial charge in [0.05, 0.1) is 11.3 Å². The molecule has 114 valence electrons. The minimum Gasteiger partial charge on any atom is -0.486 e. The molecule has 3 rings (SSSR count). The van der Waals surface area contributed by atoms with Gasteiger partial charge in [0.25, 0.3) is 0 Å². The summed E-state index contributed by atoms with van der Waals surface area (Å²) in [7, 11) is 0. The van der Waals surface area contributed by atoms with Crippen LogP contribution in [-0.2, 0) is 12.8 Å². The molecule has 0 saturated carbocycles. The summed E-state index contributed by atoms with van der Waals surface area (Å²) in [6, 6.07) is 11.8. The van der Waals surface area contributed by atoms with Crippen molar-refractivity contribution >= 4 is 16.7 Å². The third-order valence-electron chi connectivity index (χ3n) is 3.17. The number of hydrogen-bond donors (Lipinski definition) is 1. The molecule has 2 aromatic carbocycles. The molecule has 0 unspecified atom stereocenters. The van der Waals surface area contributed by atoms with Crippen LogP contribution in [-0.4, -0.2) is 0 Å². The quantitative estimate of drug-likeness (QED) is 0.719. The third kappa shape index (κ3) is 2.86. The normalized spacial score (nSPS) is 11.8. The van der Waals surface area contributed by atoms with E-state index in [9.17, 15) is 13.2 Å². The van der Waals surface area contributed by atoms with Crippen molar-refractivity contribution in [3.63, 3.8) is 0 Å². The van der Waals surface area contributed by atoms with Crippen LogP contribution in [0.15, 0.2) is 52.9 Å². The highest BCUT2D eigenvalue weighted by Gasteiger charge is 2.30. The van der Waals surface area contributed by atoms with Crippen molar-refractivity contribution in [1.29, 1.82) is 0 Å². The van der Waals surface area contributed by atoms with Gasteiger partial charge < -0.3 is 14.9 Å². The SMILES string of the molecule is Nc1cccc2cc(COc3cccc(C(F)(F)F)c3)oc12. The predicted octanol–water partition coefficient (Wildman–Crippen LogP) is 4.61. The molecule has 0 aliphatic heterocycles. The summed E-state index contributed by atoms with van der Waals surface area (Å²) in [6.07, 6.45) is -4.40. The van der Waals surface area contributed by atoms with Crippen molar-refractivity contribution in [2.75, 3.05) is 5.73 Å². The van der Waals surface area contributed by atoms with Gasteiger partial charge in [-0.25, -0.2) is 0 Å². The fraction of sp³-hybridized carbons (Fsp3) is 0.125. The molecular formula is C16H12F3NO2. The Bertz CT molecular complexity index is 809. The van der Waals surface area contributed by atoms with E-state index in [1.54, 1.807) is 18.2 Å². The molecule has 3 aromatic rings. The molecule has 0 aliphatic rings. The minimum absolute atomic E-state index is 0.0232. The summed E-state index contributed by atoms with van der Waals surface area (Å²) in [5.74, 6) is 0.619. The van der Waals surface area contributed by atoms with E-state index in [1.165, 1.54) is 12.1 Å². The second-order valence-corrected chi connectivity index (χ2v) is 4.79. The number of nitrogens with two attached hydrogens (primary N) is 1. The summed E-state index contributed by atoms with van der Waals surface area (Å²) in [5, 5.41) is 0.822. The van der Waals surface area contributed by atoms with Crippen molar-refractivity contribution in [2.24, 2.45) is 0 Å². The van der Waals surface area contributed by atoms with Crippen molar-refractivity contribution < 1.29 is 22.3 Å². The maximum atomic E-state index is 12.6. The van der Waals surface area contributed by atoms with Crippen molar-refractivity contribution in [3.05, 3.63) is 59.9 Å². The molecule has 0 amide bonds. The summed E-state index contributed by atoms with van der Waals surface area (Å²) in [4.78, 5) is 0. The Morgan fingerprint density at radius 2 is 1.82 bits per heavy atom. The molecular weight excluding hydrogens is 295 g/mol. The molecule has 6 heteroatoms. The standard InChI is InChI=1S/C16H12F3NO2/c17-16(18,19)11-4-2-5-12(8-11)21-9-13-7-10-3-1-6-14(20)15(10)22-13/h1-8H,9,20H2. The number of alkyl halides is 3. The van der Waals surface area contributed by atoms with Gasteiger partial charge in [-0.3, -0.25) is 0 Å². The highest BCUT2D eigenvalue weighted by atomic mass is 19.4. The maximum Gasteiger partial charge on any atom is 0.416 e. The van der Waals surface area contributed by atoms with Gasteiger partial charge in [-0.1, -0.05) is 18.2 Å². The highest BCUT2D eigenvalue weighted by molar-refractivity contribution is 5.88. The van der Waals surface area contributed by atoms with Gasteiger partial charge in [0, 0.05) is 5.39 Å². The van der Waals surface area contributed by atoms with E-state index < -0.39 is 11.7 Å². The summed E-state index contributed by atoms with van der Waals surface area (Å²) >= 11 is 0. The molecule has 0 bridgehead atoms. The number of ether oxygens (including phenoxy) is 1. The van der Waals surface area contributed by atoms with E-state index >= 15 is 0 Å². The number of hydrogen-bond acceptors (Lipinski definition) is 3. The van der Waals surface area contributed by atoms with E-state index in [1.807, 2.05) is 6.07 Å². The first-order valence-electron chi connectivity index (χ1n) is 6.50. The van der Waals surface area contributed by atoms with Crippen LogP contribution >= 0.6 is 0 Å². The second-order valence-electron chi connectivity index (χ2n) is 4.79. The Balaban J connectivity index is 1.78. The number of para-hydroxylation sites is 1. The average molecular weight is 307 g/mol. The first-order chi connectivity index (χ1) is 10.4. The van der Waals surface area contributed by atoms with Crippen LogP contribution in [0.3, 0.4) is 0 Å². The molecule has 0 spiro atoms. The minimum atomic E-state index is -4.40. The molecule has 0 saturated heterocycles. The zero-order valence-corrected chi connectivity index (χ0v) is 11.4. The Kier molecular flexibility index (Phi) is 3.44. The molecule has 1 aromatic heterocycles. The van der Waals surface area contributed by atoms with Gasteiger partial charge in [-0.15, -0.1) is 0 Å². The summed E-state index contributed by atoms with van der Waals surface area (Å²) in [5.41, 5.74) is 6.08. The molecule has 3 nitrogen and oxygen atoms in total. The smallest absolute Gasteiger partial charge is 0.416 e. The van der Waals surface area contributed by atoms with E-state index in [0.29, 0.717) is 17.0 Å². The largest absolute Gasteiger partial charge is 0.486 e. The number of fused-ring (bicyclic) bond motifs is 1. The number of benzene rings is 2. The molecule has 1 heterocycles. The van der Waals surface area contributed by atoms with Gasteiger partial charge in [-0.2, -0.15) is 13.2 Å². The number of furan rings is 1. The Morgan fingerprint density at radius 1 is 1.05 bits per heavy atom. The lowest BCUT2D eigenvalue weighted by Crippen LogP contribution is -2.05.